The molecule has 0 fully saturated rings. The van der Waals surface area contributed by atoms with Crippen molar-refractivity contribution in [1.29, 1.82) is 0 Å². The number of halogens is 3. The van der Waals surface area contributed by atoms with Crippen molar-refractivity contribution in [2.24, 2.45) is 7.05 Å². The first kappa shape index (κ1) is 20.9. The highest BCUT2D eigenvalue weighted by Gasteiger charge is 2.43. The molecule has 3 heterocycles. The number of ether oxygens (including phenoxy) is 1. The third-order valence-electron chi connectivity index (χ3n) is 4.94. The SMILES string of the molecule is CC(C)Oc1cc(C(=O)N2CCn3c(nnc3C(F)(F)F)C2c2ccccc2)nn1C. The van der Waals surface area contributed by atoms with E-state index in [9.17, 15) is 18.0 Å². The third kappa shape index (κ3) is 3.87. The number of aryl methyl sites for hydroxylation is 1. The number of hydrogen-bond acceptors (Lipinski definition) is 5. The van der Waals surface area contributed by atoms with E-state index in [1.807, 2.05) is 13.8 Å². The standard InChI is InChI=1S/C20H21F3N6O2/c1-12(2)31-15-11-14(26-27(15)3)18(30)28-9-10-29-17(24-25-19(29)20(21,22)23)16(28)13-7-5-4-6-8-13/h4-8,11-12,16H,9-10H2,1-3H3. The zero-order valence-corrected chi connectivity index (χ0v) is 17.2. The van der Waals surface area contributed by atoms with Crippen LogP contribution in [0.15, 0.2) is 36.4 Å². The molecule has 11 heteroatoms. The Labute approximate surface area is 176 Å². The van der Waals surface area contributed by atoms with Crippen LogP contribution in [0.3, 0.4) is 0 Å². The summed E-state index contributed by atoms with van der Waals surface area (Å²) in [4.78, 5) is 14.8. The highest BCUT2D eigenvalue weighted by atomic mass is 19.4. The molecule has 1 aliphatic rings. The van der Waals surface area contributed by atoms with Crippen LogP contribution in [0.2, 0.25) is 0 Å². The number of alkyl halides is 3. The number of aromatic nitrogens is 5. The number of hydrogen-bond donors (Lipinski definition) is 0. The molecule has 164 valence electrons. The summed E-state index contributed by atoms with van der Waals surface area (Å²) >= 11 is 0. The number of fused-ring (bicyclic) bond motifs is 1. The van der Waals surface area contributed by atoms with Gasteiger partial charge in [-0.25, -0.2) is 4.68 Å². The Hall–Kier alpha value is -3.37. The quantitative estimate of drug-likeness (QED) is 0.631. The van der Waals surface area contributed by atoms with Gasteiger partial charge in [0.15, 0.2) is 11.5 Å². The van der Waals surface area contributed by atoms with Crippen LogP contribution in [-0.2, 0) is 19.8 Å². The first-order valence-electron chi connectivity index (χ1n) is 9.73. The van der Waals surface area contributed by atoms with Gasteiger partial charge in [0.1, 0.15) is 6.04 Å². The number of nitrogens with zero attached hydrogens (tertiary/aromatic N) is 6. The van der Waals surface area contributed by atoms with E-state index in [2.05, 4.69) is 15.3 Å². The minimum atomic E-state index is -4.64. The van der Waals surface area contributed by atoms with E-state index in [1.165, 1.54) is 15.6 Å². The van der Waals surface area contributed by atoms with E-state index in [4.69, 9.17) is 4.74 Å². The Bertz CT molecular complexity index is 1090. The van der Waals surface area contributed by atoms with Gasteiger partial charge in [-0.05, 0) is 19.4 Å². The molecule has 3 aromatic rings. The molecule has 8 nitrogen and oxygen atoms in total. The minimum absolute atomic E-state index is 0.0451. The van der Waals surface area contributed by atoms with Gasteiger partial charge >= 0.3 is 6.18 Å². The lowest BCUT2D eigenvalue weighted by Gasteiger charge is -2.35. The van der Waals surface area contributed by atoms with Crippen molar-refractivity contribution in [2.75, 3.05) is 6.54 Å². The molecule has 0 saturated heterocycles. The van der Waals surface area contributed by atoms with Gasteiger partial charge in [-0.1, -0.05) is 30.3 Å². The largest absolute Gasteiger partial charge is 0.475 e. The summed E-state index contributed by atoms with van der Waals surface area (Å²) in [6, 6.07) is 9.50. The lowest BCUT2D eigenvalue weighted by Crippen LogP contribution is -2.43. The van der Waals surface area contributed by atoms with E-state index in [1.54, 1.807) is 37.4 Å². The maximum atomic E-state index is 13.4. The first-order valence-corrected chi connectivity index (χ1v) is 9.73. The molecule has 0 bridgehead atoms. The van der Waals surface area contributed by atoms with Crippen LogP contribution >= 0.6 is 0 Å². The zero-order valence-electron chi connectivity index (χ0n) is 17.2. The normalized spacial score (nSPS) is 16.5. The maximum absolute atomic E-state index is 13.4. The lowest BCUT2D eigenvalue weighted by atomic mass is 10.0. The molecule has 1 aromatic carbocycles. The van der Waals surface area contributed by atoms with Gasteiger partial charge in [-0.3, -0.25) is 4.79 Å². The summed E-state index contributed by atoms with van der Waals surface area (Å²) in [5.41, 5.74) is 0.774. The van der Waals surface area contributed by atoms with Crippen molar-refractivity contribution < 1.29 is 22.7 Å². The fraction of sp³-hybridized carbons (Fsp3) is 0.400. The van der Waals surface area contributed by atoms with Crippen molar-refractivity contribution in [3.8, 4) is 5.88 Å². The summed E-state index contributed by atoms with van der Waals surface area (Å²) < 4.78 is 48.3. The van der Waals surface area contributed by atoms with Gasteiger partial charge in [0.05, 0.1) is 6.10 Å². The predicted octanol–water partition coefficient (Wildman–Crippen LogP) is 3.06. The third-order valence-corrected chi connectivity index (χ3v) is 4.94. The second-order valence-electron chi connectivity index (χ2n) is 7.50. The molecule has 0 radical (unpaired) electrons. The molecule has 0 aliphatic carbocycles. The summed E-state index contributed by atoms with van der Waals surface area (Å²) in [6.45, 7) is 3.68. The molecule has 0 spiro atoms. The van der Waals surface area contributed by atoms with Crippen LogP contribution in [0, 0.1) is 0 Å². The summed E-state index contributed by atoms with van der Waals surface area (Å²) in [6.07, 6.45) is -4.74. The fourth-order valence-electron chi connectivity index (χ4n) is 3.66. The topological polar surface area (TPSA) is 78.1 Å². The molecular formula is C20H21F3N6O2. The molecule has 0 saturated carbocycles. The maximum Gasteiger partial charge on any atom is 0.451 e. The van der Waals surface area contributed by atoms with Crippen molar-refractivity contribution in [3.05, 3.63) is 59.3 Å². The van der Waals surface area contributed by atoms with Crippen molar-refractivity contribution >= 4 is 5.91 Å². The van der Waals surface area contributed by atoms with Crippen LogP contribution in [0.25, 0.3) is 0 Å². The average molecular weight is 434 g/mol. The van der Waals surface area contributed by atoms with Gasteiger partial charge in [-0.15, -0.1) is 10.2 Å². The Morgan fingerprint density at radius 2 is 1.87 bits per heavy atom. The summed E-state index contributed by atoms with van der Waals surface area (Å²) in [5, 5.41) is 11.4. The minimum Gasteiger partial charge on any atom is -0.475 e. The van der Waals surface area contributed by atoms with Crippen LogP contribution < -0.4 is 4.74 Å². The van der Waals surface area contributed by atoms with Gasteiger partial charge in [0.2, 0.25) is 11.7 Å². The second-order valence-corrected chi connectivity index (χ2v) is 7.50. The van der Waals surface area contributed by atoms with Gasteiger partial charge < -0.3 is 14.2 Å². The fourth-order valence-corrected chi connectivity index (χ4v) is 3.66. The number of benzene rings is 1. The number of carbonyl (C=O) groups is 1. The average Bonchev–Trinajstić information content (AvgIpc) is 3.30. The highest BCUT2D eigenvalue weighted by Crippen LogP contribution is 2.36. The number of rotatable bonds is 4. The number of amides is 1. The van der Waals surface area contributed by atoms with Crippen LogP contribution in [0.1, 0.15) is 47.6 Å². The predicted molar refractivity (Wildman–Crippen MR) is 103 cm³/mol. The Morgan fingerprint density at radius 1 is 1.16 bits per heavy atom. The van der Waals surface area contributed by atoms with Crippen LogP contribution in [0.5, 0.6) is 5.88 Å². The van der Waals surface area contributed by atoms with E-state index in [0.717, 1.165) is 4.57 Å². The molecule has 2 aromatic heterocycles. The summed E-state index contributed by atoms with van der Waals surface area (Å²) in [5.74, 6) is -1.01. The lowest BCUT2D eigenvalue weighted by molar-refractivity contribution is -0.148. The monoisotopic (exact) mass is 434 g/mol. The molecule has 31 heavy (non-hydrogen) atoms. The summed E-state index contributed by atoms with van der Waals surface area (Å²) in [7, 11) is 1.66. The molecule has 1 amide bonds. The molecule has 1 atom stereocenters. The smallest absolute Gasteiger partial charge is 0.451 e. The van der Waals surface area contributed by atoms with Gasteiger partial charge in [-0.2, -0.15) is 18.3 Å². The highest BCUT2D eigenvalue weighted by molar-refractivity contribution is 5.93. The molecule has 4 rings (SSSR count). The van der Waals surface area contributed by atoms with Gasteiger partial charge in [0, 0.05) is 26.2 Å². The van der Waals surface area contributed by atoms with Crippen LogP contribution in [0.4, 0.5) is 13.2 Å². The number of carbonyl (C=O) groups excluding carboxylic acids is 1. The first-order chi connectivity index (χ1) is 14.7. The molecule has 1 aliphatic heterocycles. The molecule has 1 unspecified atom stereocenters. The van der Waals surface area contributed by atoms with E-state index in [0.29, 0.717) is 11.4 Å². The van der Waals surface area contributed by atoms with E-state index < -0.39 is 23.9 Å². The van der Waals surface area contributed by atoms with Gasteiger partial charge in [0.25, 0.3) is 5.91 Å². The Balaban J connectivity index is 1.75. The molecular weight excluding hydrogens is 413 g/mol. The van der Waals surface area contributed by atoms with Crippen molar-refractivity contribution in [2.45, 2.75) is 38.7 Å². The Kier molecular flexibility index (Phi) is 5.19. The zero-order chi connectivity index (χ0) is 22.3. The van der Waals surface area contributed by atoms with Crippen molar-refractivity contribution in [3.63, 3.8) is 0 Å². The Morgan fingerprint density at radius 3 is 2.52 bits per heavy atom. The molecule has 0 N–H and O–H groups in total. The second kappa shape index (κ2) is 7.71. The van der Waals surface area contributed by atoms with Crippen LogP contribution in [-0.4, -0.2) is 48.0 Å². The van der Waals surface area contributed by atoms with E-state index in [-0.39, 0.29) is 30.7 Å². The van der Waals surface area contributed by atoms with Crippen molar-refractivity contribution in [1.82, 2.24) is 29.4 Å². The van der Waals surface area contributed by atoms with E-state index >= 15 is 0 Å².